The minimum Gasteiger partial charge on any atom is -0.388 e. The summed E-state index contributed by atoms with van der Waals surface area (Å²) in [4.78, 5) is 4.39. The van der Waals surface area contributed by atoms with Crippen LogP contribution in [0.5, 0.6) is 0 Å². The zero-order valence-corrected chi connectivity index (χ0v) is 11.2. The van der Waals surface area contributed by atoms with Gasteiger partial charge in [-0.25, -0.2) is 4.98 Å². The number of nitrogens with one attached hydrogen (secondary N) is 1. The van der Waals surface area contributed by atoms with Crippen LogP contribution in [0.3, 0.4) is 0 Å². The average Bonchev–Trinajstić information content (AvgIpc) is 2.43. The fourth-order valence-corrected chi connectivity index (χ4v) is 1.95. The summed E-state index contributed by atoms with van der Waals surface area (Å²) >= 11 is 6.94. The number of nitriles is 1. The Morgan fingerprint density at radius 1 is 1.44 bits per heavy atom. The van der Waals surface area contributed by atoms with E-state index in [0.717, 1.165) is 0 Å². The molecule has 0 saturated heterocycles. The van der Waals surface area contributed by atoms with Gasteiger partial charge in [0.25, 0.3) is 0 Å². The molecule has 1 aromatic heterocycles. The van der Waals surface area contributed by atoms with Gasteiger partial charge in [0.2, 0.25) is 0 Å². The summed E-state index contributed by atoms with van der Waals surface area (Å²) in [5.74, 6) is 0. The Morgan fingerprint density at radius 2 is 2.00 bits per heavy atom. The van der Waals surface area contributed by atoms with Gasteiger partial charge in [-0.05, 0) is 27.7 Å². The Morgan fingerprint density at radius 3 is 2.38 bits per heavy atom. The first-order chi connectivity index (χ1) is 7.17. The lowest BCUT2D eigenvalue weighted by Gasteiger charge is -2.37. The van der Waals surface area contributed by atoms with E-state index in [9.17, 15) is 5.11 Å². The average molecular weight is 260 g/mol. The number of halogens is 1. The van der Waals surface area contributed by atoms with Gasteiger partial charge in [-0.15, -0.1) is 0 Å². The topological polar surface area (TPSA) is 68.9 Å². The quantitative estimate of drug-likeness (QED) is 0.876. The SMILES string of the molecule is CC(C)(O)C(C)(C)Nc1nc(Cl)c(C#N)s1. The molecule has 1 aromatic rings. The number of thiazole rings is 1. The molecular formula is C10H14ClN3OS. The number of hydrogen-bond acceptors (Lipinski definition) is 5. The van der Waals surface area contributed by atoms with Crippen LogP contribution >= 0.6 is 22.9 Å². The van der Waals surface area contributed by atoms with Crippen LogP contribution < -0.4 is 5.32 Å². The molecule has 88 valence electrons. The van der Waals surface area contributed by atoms with E-state index in [1.165, 1.54) is 11.3 Å². The van der Waals surface area contributed by atoms with Gasteiger partial charge in [0.1, 0.15) is 10.9 Å². The molecule has 0 bridgehead atoms. The van der Waals surface area contributed by atoms with E-state index >= 15 is 0 Å². The van der Waals surface area contributed by atoms with E-state index in [0.29, 0.717) is 10.0 Å². The molecule has 0 saturated carbocycles. The van der Waals surface area contributed by atoms with Crippen LogP contribution in [0.25, 0.3) is 0 Å². The van der Waals surface area contributed by atoms with Gasteiger partial charge in [-0.3, -0.25) is 0 Å². The van der Waals surface area contributed by atoms with E-state index in [1.807, 2.05) is 19.9 Å². The summed E-state index contributed by atoms with van der Waals surface area (Å²) in [5.41, 5.74) is -1.49. The van der Waals surface area contributed by atoms with Crippen molar-refractivity contribution in [3.05, 3.63) is 10.0 Å². The monoisotopic (exact) mass is 259 g/mol. The predicted molar refractivity (Wildman–Crippen MR) is 65.8 cm³/mol. The largest absolute Gasteiger partial charge is 0.388 e. The summed E-state index contributed by atoms with van der Waals surface area (Å²) in [6.45, 7) is 7.13. The molecule has 1 heterocycles. The van der Waals surface area contributed by atoms with Gasteiger partial charge in [-0.1, -0.05) is 22.9 Å². The molecule has 2 N–H and O–H groups in total. The lowest BCUT2D eigenvalue weighted by atomic mass is 9.86. The van der Waals surface area contributed by atoms with E-state index in [4.69, 9.17) is 16.9 Å². The van der Waals surface area contributed by atoms with Gasteiger partial charge in [0.05, 0.1) is 11.1 Å². The molecule has 0 aliphatic rings. The summed E-state index contributed by atoms with van der Waals surface area (Å²) < 4.78 is 0. The normalized spacial score (nSPS) is 12.3. The zero-order chi connectivity index (χ0) is 12.6. The van der Waals surface area contributed by atoms with Crippen LogP contribution in [0, 0.1) is 11.3 Å². The summed E-state index contributed by atoms with van der Waals surface area (Å²) in [6, 6.07) is 1.96. The van der Waals surface area contributed by atoms with Crippen molar-refractivity contribution in [1.29, 1.82) is 5.26 Å². The van der Waals surface area contributed by atoms with Crippen molar-refractivity contribution < 1.29 is 5.11 Å². The lowest BCUT2D eigenvalue weighted by molar-refractivity contribution is 0.0240. The van der Waals surface area contributed by atoms with E-state index in [1.54, 1.807) is 13.8 Å². The lowest BCUT2D eigenvalue weighted by Crippen LogP contribution is -2.51. The molecule has 0 aromatic carbocycles. The van der Waals surface area contributed by atoms with Gasteiger partial charge in [-0.2, -0.15) is 5.26 Å². The van der Waals surface area contributed by atoms with Gasteiger partial charge in [0, 0.05) is 0 Å². The van der Waals surface area contributed by atoms with Crippen LogP contribution in [0.15, 0.2) is 0 Å². The molecule has 1 rings (SSSR count). The van der Waals surface area contributed by atoms with Crippen molar-refractivity contribution in [3.63, 3.8) is 0 Å². The molecule has 0 aliphatic heterocycles. The van der Waals surface area contributed by atoms with Crippen molar-refractivity contribution in [3.8, 4) is 6.07 Å². The maximum Gasteiger partial charge on any atom is 0.185 e. The number of anilines is 1. The molecule has 0 fully saturated rings. The standard InChI is InChI=1S/C10H14ClN3OS/c1-9(2,10(3,4)15)14-8-13-7(11)6(5-12)16-8/h15H,1-4H3,(H,13,14). The summed E-state index contributed by atoms with van der Waals surface area (Å²) in [6.07, 6.45) is 0. The van der Waals surface area contributed by atoms with Crippen LogP contribution in [-0.4, -0.2) is 21.2 Å². The predicted octanol–water partition coefficient (Wildman–Crippen LogP) is 2.63. The third-order valence-electron chi connectivity index (χ3n) is 2.64. The smallest absolute Gasteiger partial charge is 0.185 e. The number of nitrogens with zero attached hydrogens (tertiary/aromatic N) is 2. The third kappa shape index (κ3) is 2.64. The second kappa shape index (κ2) is 4.21. The Hall–Kier alpha value is -0.830. The molecule has 0 unspecified atom stereocenters. The minimum atomic E-state index is -0.919. The van der Waals surface area contributed by atoms with Crippen LogP contribution in [0.4, 0.5) is 5.13 Å². The second-order valence-electron chi connectivity index (χ2n) is 4.56. The zero-order valence-electron chi connectivity index (χ0n) is 9.63. The van der Waals surface area contributed by atoms with Crippen molar-refractivity contribution in [1.82, 2.24) is 4.98 Å². The van der Waals surface area contributed by atoms with Crippen molar-refractivity contribution in [2.75, 3.05) is 5.32 Å². The molecular weight excluding hydrogens is 246 g/mol. The second-order valence-corrected chi connectivity index (χ2v) is 5.92. The first-order valence-corrected chi connectivity index (χ1v) is 5.94. The van der Waals surface area contributed by atoms with Gasteiger partial charge < -0.3 is 10.4 Å². The molecule has 16 heavy (non-hydrogen) atoms. The van der Waals surface area contributed by atoms with Crippen LogP contribution in [0.2, 0.25) is 5.15 Å². The molecule has 0 atom stereocenters. The molecule has 0 amide bonds. The van der Waals surface area contributed by atoms with Crippen molar-refractivity contribution >= 4 is 28.1 Å². The molecule has 0 spiro atoms. The summed E-state index contributed by atoms with van der Waals surface area (Å²) in [7, 11) is 0. The molecule has 4 nitrogen and oxygen atoms in total. The van der Waals surface area contributed by atoms with Crippen LogP contribution in [-0.2, 0) is 0 Å². The Kier molecular flexibility index (Phi) is 3.48. The number of rotatable bonds is 3. The van der Waals surface area contributed by atoms with E-state index < -0.39 is 11.1 Å². The molecule has 6 heteroatoms. The van der Waals surface area contributed by atoms with E-state index in [2.05, 4.69) is 10.3 Å². The fourth-order valence-electron chi connectivity index (χ4n) is 0.844. The van der Waals surface area contributed by atoms with Gasteiger partial charge >= 0.3 is 0 Å². The highest BCUT2D eigenvalue weighted by atomic mass is 35.5. The Bertz CT molecular complexity index is 428. The van der Waals surface area contributed by atoms with Crippen molar-refractivity contribution in [2.45, 2.75) is 38.8 Å². The maximum absolute atomic E-state index is 9.96. The Labute approximate surface area is 104 Å². The number of aromatic nitrogens is 1. The van der Waals surface area contributed by atoms with Gasteiger partial charge in [0.15, 0.2) is 10.3 Å². The number of aliphatic hydroxyl groups is 1. The minimum absolute atomic E-state index is 0.196. The fraction of sp³-hybridized carbons (Fsp3) is 0.600. The maximum atomic E-state index is 9.96. The Balaban J connectivity index is 2.94. The third-order valence-corrected chi connectivity index (χ3v) is 3.90. The highest BCUT2D eigenvalue weighted by Gasteiger charge is 2.35. The first-order valence-electron chi connectivity index (χ1n) is 4.74. The highest BCUT2D eigenvalue weighted by Crippen LogP contribution is 2.31. The number of hydrogen-bond donors (Lipinski definition) is 2. The first kappa shape index (κ1) is 13.2. The molecule has 0 radical (unpaired) electrons. The summed E-state index contributed by atoms with van der Waals surface area (Å²) in [5, 5.41) is 22.5. The molecule has 0 aliphatic carbocycles. The highest BCUT2D eigenvalue weighted by molar-refractivity contribution is 7.16. The van der Waals surface area contributed by atoms with Crippen molar-refractivity contribution in [2.24, 2.45) is 0 Å². The van der Waals surface area contributed by atoms with Crippen LogP contribution in [0.1, 0.15) is 32.6 Å². The van der Waals surface area contributed by atoms with E-state index in [-0.39, 0.29) is 5.15 Å².